The Balaban J connectivity index is 2.12. The molecule has 82 valence electrons. The maximum absolute atomic E-state index is 6.12. The number of nitrogens with two attached hydrogens (primary N) is 1. The molecule has 1 aromatic rings. The summed E-state index contributed by atoms with van der Waals surface area (Å²) in [6.07, 6.45) is 0.938. The van der Waals surface area contributed by atoms with E-state index in [2.05, 4.69) is 0 Å². The number of benzene rings is 1. The van der Waals surface area contributed by atoms with Gasteiger partial charge in [-0.15, -0.1) is 0 Å². The highest BCUT2D eigenvalue weighted by molar-refractivity contribution is 7.99. The summed E-state index contributed by atoms with van der Waals surface area (Å²) in [7, 11) is 0. The first-order chi connectivity index (χ1) is 7.16. The van der Waals surface area contributed by atoms with E-state index in [1.54, 1.807) is 0 Å². The number of hydrogen-bond donors (Lipinski definition) is 1. The zero-order valence-electron chi connectivity index (χ0n) is 8.25. The second-order valence-electron chi connectivity index (χ2n) is 3.90. The summed E-state index contributed by atoms with van der Waals surface area (Å²) in [5.41, 5.74) is 7.14. The van der Waals surface area contributed by atoms with Gasteiger partial charge in [0.05, 0.1) is 0 Å². The third kappa shape index (κ3) is 2.82. The van der Waals surface area contributed by atoms with Crippen molar-refractivity contribution in [2.24, 2.45) is 11.7 Å². The van der Waals surface area contributed by atoms with Crippen molar-refractivity contribution in [3.8, 4) is 0 Å². The zero-order valence-corrected chi connectivity index (χ0v) is 10.6. The van der Waals surface area contributed by atoms with E-state index in [9.17, 15) is 0 Å². The second kappa shape index (κ2) is 4.96. The van der Waals surface area contributed by atoms with Crippen molar-refractivity contribution in [2.75, 3.05) is 11.5 Å². The van der Waals surface area contributed by atoms with Crippen LogP contribution in [-0.4, -0.2) is 17.5 Å². The fourth-order valence-corrected chi connectivity index (χ4v) is 3.55. The Labute approximate surface area is 104 Å². The quantitative estimate of drug-likeness (QED) is 0.885. The standard InChI is InChI=1S/C11H13Cl2NS/c12-9-1-2-10(13)7(4-9)3-8-5-15-6-11(8)14/h1-2,4,8,11H,3,5-6,14H2. The van der Waals surface area contributed by atoms with Crippen molar-refractivity contribution >= 4 is 35.0 Å². The number of hydrogen-bond acceptors (Lipinski definition) is 2. The van der Waals surface area contributed by atoms with Gasteiger partial charge in [0.2, 0.25) is 0 Å². The van der Waals surface area contributed by atoms with E-state index in [0.717, 1.165) is 33.5 Å². The molecule has 0 bridgehead atoms. The Bertz CT molecular complexity index is 356. The van der Waals surface area contributed by atoms with Gasteiger partial charge < -0.3 is 5.73 Å². The molecule has 1 aliphatic rings. The van der Waals surface area contributed by atoms with Crippen molar-refractivity contribution in [3.05, 3.63) is 33.8 Å². The summed E-state index contributed by atoms with van der Waals surface area (Å²) in [5, 5.41) is 1.54. The van der Waals surface area contributed by atoms with Crippen molar-refractivity contribution in [3.63, 3.8) is 0 Å². The minimum absolute atomic E-state index is 0.296. The third-order valence-electron chi connectivity index (χ3n) is 2.74. The molecule has 1 aromatic carbocycles. The Kier molecular flexibility index (Phi) is 3.83. The van der Waals surface area contributed by atoms with Crippen LogP contribution in [0.25, 0.3) is 0 Å². The first-order valence-electron chi connectivity index (χ1n) is 4.94. The lowest BCUT2D eigenvalue weighted by atomic mass is 9.95. The van der Waals surface area contributed by atoms with Gasteiger partial charge in [0.25, 0.3) is 0 Å². The highest BCUT2D eigenvalue weighted by Crippen LogP contribution is 2.29. The summed E-state index contributed by atoms with van der Waals surface area (Å²) in [6, 6.07) is 5.91. The van der Waals surface area contributed by atoms with Gasteiger partial charge in [-0.3, -0.25) is 0 Å². The molecule has 0 aromatic heterocycles. The molecule has 1 heterocycles. The topological polar surface area (TPSA) is 26.0 Å². The van der Waals surface area contributed by atoms with Gasteiger partial charge in [-0.2, -0.15) is 11.8 Å². The van der Waals surface area contributed by atoms with Gasteiger partial charge in [-0.1, -0.05) is 23.2 Å². The molecule has 1 aliphatic heterocycles. The SMILES string of the molecule is NC1CSCC1Cc1cc(Cl)ccc1Cl. The van der Waals surface area contributed by atoms with E-state index < -0.39 is 0 Å². The smallest absolute Gasteiger partial charge is 0.0439 e. The molecular formula is C11H13Cl2NS. The second-order valence-corrected chi connectivity index (χ2v) is 5.82. The van der Waals surface area contributed by atoms with Crippen LogP contribution in [0.1, 0.15) is 5.56 Å². The molecule has 4 heteroatoms. The predicted molar refractivity (Wildman–Crippen MR) is 69.0 cm³/mol. The maximum atomic E-state index is 6.12. The maximum Gasteiger partial charge on any atom is 0.0439 e. The number of thioether (sulfide) groups is 1. The summed E-state index contributed by atoms with van der Waals surface area (Å²) >= 11 is 14.0. The molecule has 1 saturated heterocycles. The molecule has 0 spiro atoms. The highest BCUT2D eigenvalue weighted by atomic mass is 35.5. The average Bonchev–Trinajstić information content (AvgIpc) is 2.58. The van der Waals surface area contributed by atoms with Gasteiger partial charge in [0.15, 0.2) is 0 Å². The Morgan fingerprint density at radius 1 is 1.33 bits per heavy atom. The van der Waals surface area contributed by atoms with E-state index in [1.807, 2.05) is 30.0 Å². The summed E-state index contributed by atoms with van der Waals surface area (Å²) < 4.78 is 0. The van der Waals surface area contributed by atoms with E-state index in [-0.39, 0.29) is 0 Å². The van der Waals surface area contributed by atoms with Crippen LogP contribution in [0, 0.1) is 5.92 Å². The lowest BCUT2D eigenvalue weighted by molar-refractivity contribution is 0.515. The molecule has 0 amide bonds. The lowest BCUT2D eigenvalue weighted by Crippen LogP contribution is -2.29. The van der Waals surface area contributed by atoms with Crippen LogP contribution >= 0.6 is 35.0 Å². The minimum Gasteiger partial charge on any atom is -0.327 e. The first kappa shape index (κ1) is 11.6. The average molecular weight is 262 g/mol. The molecule has 15 heavy (non-hydrogen) atoms. The summed E-state index contributed by atoms with van der Waals surface area (Å²) in [6.45, 7) is 0. The van der Waals surface area contributed by atoms with Crippen molar-refractivity contribution < 1.29 is 0 Å². The minimum atomic E-state index is 0.296. The number of halogens is 2. The molecule has 2 N–H and O–H groups in total. The van der Waals surface area contributed by atoms with Gasteiger partial charge in [0, 0.05) is 21.8 Å². The molecule has 0 radical (unpaired) electrons. The van der Waals surface area contributed by atoms with Crippen molar-refractivity contribution in [1.82, 2.24) is 0 Å². The normalized spacial score (nSPS) is 25.8. The molecule has 1 fully saturated rings. The van der Waals surface area contributed by atoms with E-state index >= 15 is 0 Å². The van der Waals surface area contributed by atoms with Crippen LogP contribution in [0.2, 0.25) is 10.0 Å². The summed E-state index contributed by atoms with van der Waals surface area (Å²) in [4.78, 5) is 0. The van der Waals surface area contributed by atoms with E-state index in [1.165, 1.54) is 0 Å². The highest BCUT2D eigenvalue weighted by Gasteiger charge is 2.25. The van der Waals surface area contributed by atoms with Crippen LogP contribution in [0.3, 0.4) is 0 Å². The Morgan fingerprint density at radius 3 is 2.80 bits per heavy atom. The van der Waals surface area contributed by atoms with Gasteiger partial charge in [-0.25, -0.2) is 0 Å². The fourth-order valence-electron chi connectivity index (χ4n) is 1.81. The molecule has 0 aliphatic carbocycles. The Morgan fingerprint density at radius 2 is 2.13 bits per heavy atom. The third-order valence-corrected chi connectivity index (χ3v) is 4.63. The van der Waals surface area contributed by atoms with E-state index in [4.69, 9.17) is 28.9 Å². The van der Waals surface area contributed by atoms with Crippen LogP contribution < -0.4 is 5.73 Å². The first-order valence-corrected chi connectivity index (χ1v) is 6.85. The summed E-state index contributed by atoms with van der Waals surface area (Å²) in [5.74, 6) is 2.72. The predicted octanol–water partition coefficient (Wildman–Crippen LogP) is 3.23. The van der Waals surface area contributed by atoms with Crippen LogP contribution in [0.4, 0.5) is 0 Å². The molecule has 2 rings (SSSR count). The molecule has 2 unspecified atom stereocenters. The van der Waals surface area contributed by atoms with Gasteiger partial charge in [-0.05, 0) is 41.9 Å². The molecular weight excluding hydrogens is 249 g/mol. The zero-order chi connectivity index (χ0) is 10.8. The van der Waals surface area contributed by atoms with E-state index in [0.29, 0.717) is 12.0 Å². The lowest BCUT2D eigenvalue weighted by Gasteiger charge is -2.15. The van der Waals surface area contributed by atoms with Crippen molar-refractivity contribution in [2.45, 2.75) is 12.5 Å². The van der Waals surface area contributed by atoms with Gasteiger partial charge in [0.1, 0.15) is 0 Å². The fraction of sp³-hybridized carbons (Fsp3) is 0.455. The largest absolute Gasteiger partial charge is 0.327 e. The Hall–Kier alpha value is 0.110. The van der Waals surface area contributed by atoms with Crippen LogP contribution in [-0.2, 0) is 6.42 Å². The molecule has 1 nitrogen and oxygen atoms in total. The van der Waals surface area contributed by atoms with Crippen LogP contribution in [0.5, 0.6) is 0 Å². The molecule has 0 saturated carbocycles. The van der Waals surface area contributed by atoms with Crippen molar-refractivity contribution in [1.29, 1.82) is 0 Å². The van der Waals surface area contributed by atoms with Crippen LogP contribution in [0.15, 0.2) is 18.2 Å². The molecule has 2 atom stereocenters. The van der Waals surface area contributed by atoms with Gasteiger partial charge >= 0.3 is 0 Å². The number of rotatable bonds is 2. The monoisotopic (exact) mass is 261 g/mol.